The van der Waals surface area contributed by atoms with Gasteiger partial charge in [0.2, 0.25) is 0 Å². The Morgan fingerprint density at radius 2 is 1.97 bits per heavy atom. The van der Waals surface area contributed by atoms with E-state index in [0.29, 0.717) is 5.92 Å². The number of aromatic nitrogens is 1. The number of amides is 1. The Labute approximate surface area is 185 Å². The highest BCUT2D eigenvalue weighted by molar-refractivity contribution is 7.13. The summed E-state index contributed by atoms with van der Waals surface area (Å²) in [5.74, 6) is -0.506. The predicted octanol–water partition coefficient (Wildman–Crippen LogP) is 3.96. The number of fused-ring (bicyclic) bond motifs is 3. The van der Waals surface area contributed by atoms with Crippen molar-refractivity contribution in [1.82, 2.24) is 15.2 Å². The maximum Gasteiger partial charge on any atom is 0.408 e. The van der Waals surface area contributed by atoms with Crippen LogP contribution in [0.3, 0.4) is 0 Å². The zero-order valence-electron chi connectivity index (χ0n) is 17.7. The molecule has 0 saturated carbocycles. The van der Waals surface area contributed by atoms with Crippen LogP contribution in [0, 0.1) is 5.92 Å². The van der Waals surface area contributed by atoms with Crippen LogP contribution in [0.2, 0.25) is 0 Å². The molecule has 1 amide bonds. The van der Waals surface area contributed by atoms with Gasteiger partial charge in [-0.25, -0.2) is 14.6 Å². The van der Waals surface area contributed by atoms with Gasteiger partial charge in [0, 0.05) is 23.6 Å². The number of piperidine rings is 3. The van der Waals surface area contributed by atoms with Crippen LogP contribution in [-0.2, 0) is 15.1 Å². The molecule has 0 spiro atoms. The molecule has 3 aliphatic heterocycles. The van der Waals surface area contributed by atoms with E-state index < -0.39 is 17.6 Å². The topological polar surface area (TPSA) is 91.8 Å². The second kappa shape index (κ2) is 8.80. The number of aliphatic carboxylic acids is 1. The summed E-state index contributed by atoms with van der Waals surface area (Å²) in [7, 11) is 0. The summed E-state index contributed by atoms with van der Waals surface area (Å²) >= 11 is 1.50. The first-order valence-corrected chi connectivity index (χ1v) is 11.4. The standard InChI is InChI=1S/C23H27N3O4S/c1-23(2,25-22(29)30-18-13-26-11-9-16(18)10-12-26)19-14-31-21(24-19)17-6-3-15(4-7-17)5-8-20(27)28/h3-8,14,16,18H,9-13H2,1-2H3,(H,25,29)(H,27,28)/b8-5+/t18-/m1/s1. The minimum atomic E-state index is -0.976. The van der Waals surface area contributed by atoms with Crippen molar-refractivity contribution in [2.75, 3.05) is 19.6 Å². The number of carboxylic acids is 1. The summed E-state index contributed by atoms with van der Waals surface area (Å²) in [6.45, 7) is 6.88. The van der Waals surface area contributed by atoms with Crippen molar-refractivity contribution in [3.05, 3.63) is 47.0 Å². The molecule has 1 aromatic carbocycles. The molecule has 4 heterocycles. The van der Waals surface area contributed by atoms with Crippen LogP contribution in [-0.4, -0.2) is 52.8 Å². The molecule has 2 aromatic rings. The Morgan fingerprint density at radius 3 is 2.58 bits per heavy atom. The van der Waals surface area contributed by atoms with Gasteiger partial charge in [0.1, 0.15) is 11.1 Å². The first kappa shape index (κ1) is 21.5. The minimum absolute atomic E-state index is 0.0296. The van der Waals surface area contributed by atoms with E-state index in [1.807, 2.05) is 43.5 Å². The Bertz CT molecular complexity index is 975. The van der Waals surface area contributed by atoms with Crippen LogP contribution in [0.25, 0.3) is 16.6 Å². The summed E-state index contributed by atoms with van der Waals surface area (Å²) < 4.78 is 5.76. The monoisotopic (exact) mass is 441 g/mol. The fourth-order valence-corrected chi connectivity index (χ4v) is 5.12. The van der Waals surface area contributed by atoms with Gasteiger partial charge in [-0.1, -0.05) is 24.3 Å². The predicted molar refractivity (Wildman–Crippen MR) is 120 cm³/mol. The van der Waals surface area contributed by atoms with Crippen molar-refractivity contribution in [3.8, 4) is 10.6 Å². The molecule has 2 N–H and O–H groups in total. The minimum Gasteiger partial charge on any atom is -0.478 e. The fraction of sp³-hybridized carbons (Fsp3) is 0.435. The summed E-state index contributed by atoms with van der Waals surface area (Å²) in [5, 5.41) is 14.5. The zero-order chi connectivity index (χ0) is 22.0. The summed E-state index contributed by atoms with van der Waals surface area (Å²) in [6.07, 6.45) is 4.43. The lowest BCUT2D eigenvalue weighted by Gasteiger charge is -2.44. The van der Waals surface area contributed by atoms with Crippen molar-refractivity contribution < 1.29 is 19.4 Å². The molecule has 3 fully saturated rings. The molecular weight excluding hydrogens is 414 g/mol. The summed E-state index contributed by atoms with van der Waals surface area (Å²) in [4.78, 5) is 30.3. The first-order chi connectivity index (χ1) is 14.8. The highest BCUT2D eigenvalue weighted by Gasteiger charge is 2.37. The molecule has 31 heavy (non-hydrogen) atoms. The summed E-state index contributed by atoms with van der Waals surface area (Å²) in [5.41, 5.74) is 1.85. The lowest BCUT2D eigenvalue weighted by Crippen LogP contribution is -2.53. The van der Waals surface area contributed by atoms with Crippen molar-refractivity contribution in [2.24, 2.45) is 5.92 Å². The molecule has 1 atom stereocenters. The number of carbonyl (C=O) groups excluding carboxylic acids is 1. The third-order valence-corrected chi connectivity index (χ3v) is 6.88. The SMILES string of the molecule is CC(C)(NC(=O)O[C@@H]1CN2CCC1CC2)c1csc(-c2ccc(/C=C/C(=O)O)cc2)n1. The van der Waals surface area contributed by atoms with Gasteiger partial charge in [0.05, 0.1) is 11.2 Å². The van der Waals surface area contributed by atoms with E-state index in [4.69, 9.17) is 14.8 Å². The Balaban J connectivity index is 1.39. The van der Waals surface area contributed by atoms with Gasteiger partial charge in [0.25, 0.3) is 0 Å². The van der Waals surface area contributed by atoms with Crippen LogP contribution in [0.4, 0.5) is 4.79 Å². The molecule has 1 aromatic heterocycles. The number of nitrogens with zero attached hydrogens (tertiary/aromatic N) is 2. The molecular formula is C23H27N3O4S. The van der Waals surface area contributed by atoms with Gasteiger partial charge >= 0.3 is 12.1 Å². The van der Waals surface area contributed by atoms with Gasteiger partial charge in [0.15, 0.2) is 0 Å². The highest BCUT2D eigenvalue weighted by atomic mass is 32.1. The van der Waals surface area contributed by atoms with E-state index in [1.165, 1.54) is 11.3 Å². The number of hydrogen-bond acceptors (Lipinski definition) is 6. The quantitative estimate of drug-likeness (QED) is 0.659. The van der Waals surface area contributed by atoms with E-state index in [1.54, 1.807) is 6.08 Å². The van der Waals surface area contributed by atoms with Gasteiger partial charge in [-0.3, -0.25) is 4.90 Å². The van der Waals surface area contributed by atoms with Gasteiger partial charge in [-0.15, -0.1) is 11.3 Å². The second-order valence-electron chi connectivity index (χ2n) is 8.66. The lowest BCUT2D eigenvalue weighted by molar-refractivity contribution is -0.131. The molecule has 5 rings (SSSR count). The average Bonchev–Trinajstić information content (AvgIpc) is 3.24. The molecule has 7 nitrogen and oxygen atoms in total. The van der Waals surface area contributed by atoms with Gasteiger partial charge in [-0.2, -0.15) is 0 Å². The number of benzene rings is 1. The molecule has 2 bridgehead atoms. The zero-order valence-corrected chi connectivity index (χ0v) is 18.5. The van der Waals surface area contributed by atoms with E-state index >= 15 is 0 Å². The maximum atomic E-state index is 12.6. The van der Waals surface area contributed by atoms with Crippen LogP contribution in [0.5, 0.6) is 0 Å². The molecule has 3 aliphatic rings. The third kappa shape index (κ3) is 5.14. The Kier molecular flexibility index (Phi) is 6.11. The van der Waals surface area contributed by atoms with Crippen molar-refractivity contribution in [1.29, 1.82) is 0 Å². The Morgan fingerprint density at radius 1 is 1.26 bits per heavy atom. The van der Waals surface area contributed by atoms with Crippen LogP contribution < -0.4 is 5.32 Å². The van der Waals surface area contributed by atoms with E-state index in [0.717, 1.165) is 60.4 Å². The molecule has 0 unspecified atom stereocenters. The lowest BCUT2D eigenvalue weighted by atomic mass is 9.86. The number of carbonyl (C=O) groups is 2. The molecule has 8 heteroatoms. The number of hydrogen-bond donors (Lipinski definition) is 2. The van der Waals surface area contributed by atoms with Gasteiger partial charge < -0.3 is 15.2 Å². The number of carboxylic acid groups (broad SMARTS) is 1. The number of thiazole rings is 1. The van der Waals surface area contributed by atoms with Gasteiger partial charge in [-0.05, 0) is 57.3 Å². The van der Waals surface area contributed by atoms with Crippen LogP contribution in [0.15, 0.2) is 35.7 Å². The number of ether oxygens (including phenoxy) is 1. The normalized spacial score (nSPS) is 23.1. The van der Waals surface area contributed by atoms with E-state index in [-0.39, 0.29) is 6.10 Å². The maximum absolute atomic E-state index is 12.6. The third-order valence-electron chi connectivity index (χ3n) is 5.99. The Hall–Kier alpha value is -2.71. The van der Waals surface area contributed by atoms with Crippen LogP contribution in [0.1, 0.15) is 37.9 Å². The van der Waals surface area contributed by atoms with E-state index in [2.05, 4.69) is 10.2 Å². The number of nitrogens with one attached hydrogen (secondary N) is 1. The highest BCUT2D eigenvalue weighted by Crippen LogP contribution is 2.31. The van der Waals surface area contributed by atoms with E-state index in [9.17, 15) is 9.59 Å². The van der Waals surface area contributed by atoms with Crippen molar-refractivity contribution in [3.63, 3.8) is 0 Å². The molecule has 0 radical (unpaired) electrons. The largest absolute Gasteiger partial charge is 0.478 e. The molecule has 164 valence electrons. The number of rotatable bonds is 6. The number of alkyl carbamates (subject to hydrolysis) is 1. The average molecular weight is 442 g/mol. The fourth-order valence-electron chi connectivity index (χ4n) is 4.13. The first-order valence-electron chi connectivity index (χ1n) is 10.5. The molecule has 0 aliphatic carbocycles. The van der Waals surface area contributed by atoms with Crippen molar-refractivity contribution >= 4 is 29.5 Å². The molecule has 3 saturated heterocycles. The summed E-state index contributed by atoms with van der Waals surface area (Å²) in [6, 6.07) is 7.52. The van der Waals surface area contributed by atoms with Crippen LogP contribution >= 0.6 is 11.3 Å². The van der Waals surface area contributed by atoms with Crippen molar-refractivity contribution in [2.45, 2.75) is 38.3 Å². The second-order valence-corrected chi connectivity index (χ2v) is 9.52. The smallest absolute Gasteiger partial charge is 0.408 e.